The third kappa shape index (κ3) is 7.07. The first-order valence-corrected chi connectivity index (χ1v) is 8.40. The van der Waals surface area contributed by atoms with Crippen LogP contribution in [0.5, 0.6) is 0 Å². The zero-order chi connectivity index (χ0) is 19.5. The van der Waals surface area contributed by atoms with Crippen molar-refractivity contribution in [1.29, 1.82) is 0 Å². The smallest absolute Gasteiger partial charge is 0.335 e. The van der Waals surface area contributed by atoms with E-state index in [2.05, 4.69) is 34.2 Å². The summed E-state index contributed by atoms with van der Waals surface area (Å²) in [5, 5.41) is 16.9. The molecule has 3 rings (SSSR count). The SMILES string of the molecule is O=C(O)c1ccc(C(=O)O)cc1.c1cc(CCCc2ccncc2)ccn1. The van der Waals surface area contributed by atoms with Gasteiger partial charge in [-0.3, -0.25) is 9.97 Å². The van der Waals surface area contributed by atoms with Crippen molar-refractivity contribution in [1.82, 2.24) is 9.97 Å². The minimum atomic E-state index is -1.06. The van der Waals surface area contributed by atoms with Gasteiger partial charge >= 0.3 is 11.9 Å². The van der Waals surface area contributed by atoms with Crippen molar-refractivity contribution < 1.29 is 19.8 Å². The van der Waals surface area contributed by atoms with E-state index in [-0.39, 0.29) is 11.1 Å². The molecule has 0 unspecified atom stereocenters. The Bertz CT molecular complexity index is 778. The Balaban J connectivity index is 0.000000199. The lowest BCUT2D eigenvalue weighted by molar-refractivity contribution is 0.0681. The molecule has 1 aromatic carbocycles. The first kappa shape index (κ1) is 19.8. The molecule has 2 heterocycles. The topological polar surface area (TPSA) is 100 Å². The maximum atomic E-state index is 10.3. The van der Waals surface area contributed by atoms with Gasteiger partial charge in [-0.25, -0.2) is 9.59 Å². The van der Waals surface area contributed by atoms with Crippen LogP contribution in [0.15, 0.2) is 73.3 Å². The Morgan fingerprint density at radius 1 is 0.630 bits per heavy atom. The number of aryl methyl sites for hydroxylation is 2. The second-order valence-electron chi connectivity index (χ2n) is 5.75. The summed E-state index contributed by atoms with van der Waals surface area (Å²) >= 11 is 0. The van der Waals surface area contributed by atoms with Gasteiger partial charge in [-0.2, -0.15) is 0 Å². The number of pyridine rings is 2. The van der Waals surface area contributed by atoms with Crippen LogP contribution in [0.25, 0.3) is 0 Å². The van der Waals surface area contributed by atoms with E-state index in [1.54, 1.807) is 0 Å². The molecule has 0 amide bonds. The maximum Gasteiger partial charge on any atom is 0.335 e. The first-order chi connectivity index (χ1) is 13.1. The third-order valence-corrected chi connectivity index (χ3v) is 3.81. The van der Waals surface area contributed by atoms with E-state index in [1.807, 2.05) is 24.8 Å². The summed E-state index contributed by atoms with van der Waals surface area (Å²) in [4.78, 5) is 28.7. The number of carbonyl (C=O) groups is 2. The number of hydrogen-bond acceptors (Lipinski definition) is 4. The molecule has 0 aliphatic carbocycles. The summed E-state index contributed by atoms with van der Waals surface area (Å²) in [6.07, 6.45) is 10.8. The zero-order valence-corrected chi connectivity index (χ0v) is 14.7. The Hall–Kier alpha value is -3.54. The molecule has 6 heteroatoms. The maximum absolute atomic E-state index is 10.3. The van der Waals surface area contributed by atoms with Gasteiger partial charge in [-0.15, -0.1) is 0 Å². The highest BCUT2D eigenvalue weighted by Crippen LogP contribution is 2.06. The molecule has 0 aliphatic rings. The van der Waals surface area contributed by atoms with Gasteiger partial charge in [0.1, 0.15) is 0 Å². The van der Waals surface area contributed by atoms with Crippen molar-refractivity contribution in [2.45, 2.75) is 19.3 Å². The van der Waals surface area contributed by atoms with Crippen LogP contribution >= 0.6 is 0 Å². The zero-order valence-electron chi connectivity index (χ0n) is 14.7. The molecule has 27 heavy (non-hydrogen) atoms. The molecule has 0 fully saturated rings. The van der Waals surface area contributed by atoms with Gasteiger partial charge in [0.25, 0.3) is 0 Å². The molecule has 0 aliphatic heterocycles. The van der Waals surface area contributed by atoms with Crippen molar-refractivity contribution in [3.05, 3.63) is 95.6 Å². The molecule has 6 nitrogen and oxygen atoms in total. The molecule has 0 saturated carbocycles. The van der Waals surface area contributed by atoms with Crippen molar-refractivity contribution in [3.63, 3.8) is 0 Å². The summed E-state index contributed by atoms with van der Waals surface area (Å²) in [6, 6.07) is 13.3. The van der Waals surface area contributed by atoms with Gasteiger partial charge < -0.3 is 10.2 Å². The van der Waals surface area contributed by atoms with Gasteiger partial charge in [-0.1, -0.05) is 0 Å². The quantitative estimate of drug-likeness (QED) is 0.691. The molecule has 0 saturated heterocycles. The number of carboxylic acid groups (broad SMARTS) is 2. The fourth-order valence-corrected chi connectivity index (χ4v) is 2.35. The normalized spacial score (nSPS) is 9.78. The Labute approximate surface area is 157 Å². The van der Waals surface area contributed by atoms with Crippen molar-refractivity contribution in [2.75, 3.05) is 0 Å². The van der Waals surface area contributed by atoms with Crippen LogP contribution in [-0.4, -0.2) is 32.1 Å². The van der Waals surface area contributed by atoms with E-state index in [0.717, 1.165) is 12.8 Å². The lowest BCUT2D eigenvalue weighted by Crippen LogP contribution is -1.99. The number of hydrogen-bond donors (Lipinski definition) is 2. The molecular weight excluding hydrogens is 344 g/mol. The fraction of sp³-hybridized carbons (Fsp3) is 0.143. The Morgan fingerprint density at radius 3 is 1.26 bits per heavy atom. The van der Waals surface area contributed by atoms with E-state index in [1.165, 1.54) is 41.8 Å². The third-order valence-electron chi connectivity index (χ3n) is 3.81. The van der Waals surface area contributed by atoms with Crippen LogP contribution in [0.3, 0.4) is 0 Å². The summed E-state index contributed by atoms with van der Waals surface area (Å²) in [5.74, 6) is -2.13. The number of nitrogens with zero attached hydrogens (tertiary/aromatic N) is 2. The standard InChI is InChI=1S/C13H14N2.C8H6O4/c1(2-12-4-8-14-9-5-12)3-13-6-10-15-11-7-13;9-7(10)5-1-2-6(4-3-5)8(11)12/h4-11H,1-3H2;1-4H,(H,9,10)(H,11,12). The molecule has 2 aromatic heterocycles. The highest BCUT2D eigenvalue weighted by Gasteiger charge is 2.04. The second kappa shape index (κ2) is 10.5. The van der Waals surface area contributed by atoms with E-state index in [9.17, 15) is 9.59 Å². The lowest BCUT2D eigenvalue weighted by Gasteiger charge is -2.01. The average molecular weight is 364 g/mol. The monoisotopic (exact) mass is 364 g/mol. The van der Waals surface area contributed by atoms with Gasteiger partial charge in [0, 0.05) is 24.8 Å². The van der Waals surface area contributed by atoms with Crippen LogP contribution in [-0.2, 0) is 12.8 Å². The second-order valence-corrected chi connectivity index (χ2v) is 5.75. The predicted octanol–water partition coefficient (Wildman–Crippen LogP) is 3.73. The van der Waals surface area contributed by atoms with Crippen molar-refractivity contribution in [3.8, 4) is 0 Å². The summed E-state index contributed by atoms with van der Waals surface area (Å²) in [6.45, 7) is 0. The van der Waals surface area contributed by atoms with E-state index >= 15 is 0 Å². The first-order valence-electron chi connectivity index (χ1n) is 8.40. The van der Waals surface area contributed by atoms with E-state index in [0.29, 0.717) is 0 Å². The number of aromatic nitrogens is 2. The number of rotatable bonds is 6. The van der Waals surface area contributed by atoms with Gasteiger partial charge in [0.15, 0.2) is 0 Å². The fourth-order valence-electron chi connectivity index (χ4n) is 2.35. The minimum Gasteiger partial charge on any atom is -0.478 e. The van der Waals surface area contributed by atoms with Gasteiger partial charge in [-0.05, 0) is 78.9 Å². The molecule has 0 bridgehead atoms. The number of aromatic carboxylic acids is 2. The number of benzene rings is 1. The van der Waals surface area contributed by atoms with Gasteiger partial charge in [0.2, 0.25) is 0 Å². The van der Waals surface area contributed by atoms with Crippen LogP contribution < -0.4 is 0 Å². The van der Waals surface area contributed by atoms with Crippen LogP contribution in [0.2, 0.25) is 0 Å². The molecule has 3 aromatic rings. The van der Waals surface area contributed by atoms with E-state index < -0.39 is 11.9 Å². The molecule has 138 valence electrons. The summed E-state index contributed by atoms with van der Waals surface area (Å²) in [5.41, 5.74) is 2.89. The minimum absolute atomic E-state index is 0.0833. The number of carboxylic acids is 2. The Morgan fingerprint density at radius 2 is 0.963 bits per heavy atom. The summed E-state index contributed by atoms with van der Waals surface area (Å²) < 4.78 is 0. The predicted molar refractivity (Wildman–Crippen MR) is 101 cm³/mol. The average Bonchev–Trinajstić information content (AvgIpc) is 2.70. The largest absolute Gasteiger partial charge is 0.478 e. The highest BCUT2D eigenvalue weighted by molar-refractivity contribution is 5.91. The van der Waals surface area contributed by atoms with Crippen molar-refractivity contribution in [2.24, 2.45) is 0 Å². The van der Waals surface area contributed by atoms with Gasteiger partial charge in [0.05, 0.1) is 11.1 Å². The molecule has 0 radical (unpaired) electrons. The van der Waals surface area contributed by atoms with Crippen LogP contribution in [0, 0.1) is 0 Å². The molecule has 2 N–H and O–H groups in total. The lowest BCUT2D eigenvalue weighted by atomic mass is 10.1. The molecular formula is C21H20N2O4. The molecule has 0 atom stereocenters. The van der Waals surface area contributed by atoms with Crippen LogP contribution in [0.1, 0.15) is 38.3 Å². The van der Waals surface area contributed by atoms with Crippen LogP contribution in [0.4, 0.5) is 0 Å². The van der Waals surface area contributed by atoms with Crippen molar-refractivity contribution >= 4 is 11.9 Å². The summed E-state index contributed by atoms with van der Waals surface area (Å²) in [7, 11) is 0. The molecule has 0 spiro atoms. The highest BCUT2D eigenvalue weighted by atomic mass is 16.4. The van der Waals surface area contributed by atoms with E-state index in [4.69, 9.17) is 10.2 Å². The Kier molecular flexibility index (Phi) is 7.66.